The number of likely N-dealkylation sites (tertiary alicyclic amines) is 1. The zero-order valence-corrected chi connectivity index (χ0v) is 22.9. The first-order valence-electron chi connectivity index (χ1n) is 13.0. The molecule has 0 bridgehead atoms. The Labute approximate surface area is 238 Å². The highest BCUT2D eigenvalue weighted by Gasteiger charge is 2.40. The molecule has 0 aliphatic carbocycles. The number of piperazine rings is 1. The molecule has 2 aliphatic heterocycles. The first kappa shape index (κ1) is 27.0. The van der Waals surface area contributed by atoms with E-state index in [4.69, 9.17) is 23.2 Å². The normalized spacial score (nSPS) is 19.5. The first-order chi connectivity index (χ1) is 18.9. The van der Waals surface area contributed by atoms with Gasteiger partial charge in [0, 0.05) is 60.9 Å². The number of amides is 2. The van der Waals surface area contributed by atoms with E-state index in [0.29, 0.717) is 66.9 Å². The number of hydrogen-bond acceptors (Lipinski definition) is 5. The Morgan fingerprint density at radius 1 is 0.923 bits per heavy atom. The molecule has 3 aromatic carbocycles. The second kappa shape index (κ2) is 12.1. The summed E-state index contributed by atoms with van der Waals surface area (Å²) in [5.41, 5.74) is 3.05. The molecule has 2 fully saturated rings. The van der Waals surface area contributed by atoms with Gasteiger partial charge in [0.2, 0.25) is 5.91 Å². The molecule has 0 radical (unpaired) electrons. The predicted molar refractivity (Wildman–Crippen MR) is 153 cm³/mol. The molecule has 9 heteroatoms. The van der Waals surface area contributed by atoms with Crippen LogP contribution in [0.1, 0.15) is 27.9 Å². The lowest BCUT2D eigenvalue weighted by Gasteiger charge is -2.38. The summed E-state index contributed by atoms with van der Waals surface area (Å²) in [6, 6.07) is 24.1. The van der Waals surface area contributed by atoms with Gasteiger partial charge in [-0.25, -0.2) is 0 Å². The Bertz CT molecular complexity index is 1370. The van der Waals surface area contributed by atoms with Crippen LogP contribution in [-0.2, 0) is 11.3 Å². The number of benzene rings is 3. The molecule has 0 aromatic heterocycles. The number of nitrogens with zero attached hydrogens (tertiary/aromatic N) is 4. The zero-order valence-electron chi connectivity index (χ0n) is 21.4. The van der Waals surface area contributed by atoms with E-state index in [9.17, 15) is 14.9 Å². The lowest BCUT2D eigenvalue weighted by molar-refractivity contribution is -0.136. The monoisotopic (exact) mass is 561 g/mol. The average Bonchev–Trinajstić information content (AvgIpc) is 3.34. The van der Waals surface area contributed by atoms with Gasteiger partial charge in [0.05, 0.1) is 17.3 Å². The van der Waals surface area contributed by atoms with Crippen molar-refractivity contribution >= 4 is 40.7 Å². The van der Waals surface area contributed by atoms with E-state index in [1.165, 1.54) is 0 Å². The number of para-hydroxylation sites is 1. The molecule has 1 N–H and O–H groups in total. The van der Waals surface area contributed by atoms with Crippen LogP contribution in [0.25, 0.3) is 0 Å². The molecule has 2 heterocycles. The van der Waals surface area contributed by atoms with Crippen LogP contribution in [-0.4, -0.2) is 66.4 Å². The summed E-state index contributed by atoms with van der Waals surface area (Å²) in [4.78, 5) is 33.1. The van der Waals surface area contributed by atoms with Crippen LogP contribution in [0.5, 0.6) is 0 Å². The SMILES string of the molecule is N#Cc1ccccc1N1CCN(C(=O)[C@@H]2C[C@H](NC(=O)c3cc(Cl)cc(Cl)c3)CN2Cc2ccccc2)CC1. The Morgan fingerprint density at radius 3 is 2.28 bits per heavy atom. The molecule has 200 valence electrons. The number of hydrogen-bond donors (Lipinski definition) is 1. The van der Waals surface area contributed by atoms with Crippen molar-refractivity contribution in [2.24, 2.45) is 0 Å². The maximum atomic E-state index is 13.8. The molecule has 2 aliphatic rings. The summed E-state index contributed by atoms with van der Waals surface area (Å²) < 4.78 is 0. The van der Waals surface area contributed by atoms with Crippen molar-refractivity contribution in [3.8, 4) is 6.07 Å². The number of rotatable bonds is 6. The van der Waals surface area contributed by atoms with Gasteiger partial charge in [-0.3, -0.25) is 14.5 Å². The topological polar surface area (TPSA) is 79.7 Å². The van der Waals surface area contributed by atoms with Gasteiger partial charge in [-0.05, 0) is 42.3 Å². The number of nitriles is 1. The van der Waals surface area contributed by atoms with Crippen LogP contribution in [0.3, 0.4) is 0 Å². The van der Waals surface area contributed by atoms with Gasteiger partial charge in [0.1, 0.15) is 6.07 Å². The second-order valence-corrected chi connectivity index (χ2v) is 10.8. The molecule has 2 amide bonds. The van der Waals surface area contributed by atoms with E-state index in [1.807, 2.05) is 59.5 Å². The zero-order chi connectivity index (χ0) is 27.4. The molecule has 0 unspecified atom stereocenters. The highest BCUT2D eigenvalue weighted by atomic mass is 35.5. The van der Waals surface area contributed by atoms with Crippen molar-refractivity contribution in [3.63, 3.8) is 0 Å². The van der Waals surface area contributed by atoms with E-state index in [1.54, 1.807) is 18.2 Å². The summed E-state index contributed by atoms with van der Waals surface area (Å²) >= 11 is 12.2. The maximum absolute atomic E-state index is 13.8. The van der Waals surface area contributed by atoms with Crippen LogP contribution < -0.4 is 10.2 Å². The third-order valence-electron chi connectivity index (χ3n) is 7.33. The standard InChI is InChI=1S/C30H29Cl2N5O2/c31-24-14-23(15-25(32)16-24)29(38)34-26-17-28(37(20-26)19-21-6-2-1-3-7-21)30(39)36-12-10-35(11-13-36)27-9-5-4-8-22(27)18-33/h1-9,14-16,26,28H,10-13,17,19-20H2,(H,34,38)/t26-,28-/m0/s1. The van der Waals surface area contributed by atoms with Crippen molar-refractivity contribution in [1.82, 2.24) is 15.1 Å². The third-order valence-corrected chi connectivity index (χ3v) is 7.77. The molecule has 5 rings (SSSR count). The smallest absolute Gasteiger partial charge is 0.251 e. The minimum absolute atomic E-state index is 0.0710. The molecule has 2 atom stereocenters. The van der Waals surface area contributed by atoms with Gasteiger partial charge >= 0.3 is 0 Å². The number of carbonyl (C=O) groups is 2. The number of anilines is 1. The average molecular weight is 563 g/mol. The van der Waals surface area contributed by atoms with Gasteiger partial charge in [-0.2, -0.15) is 5.26 Å². The van der Waals surface area contributed by atoms with Crippen LogP contribution in [0.2, 0.25) is 10.0 Å². The fraction of sp³-hybridized carbons (Fsp3) is 0.300. The van der Waals surface area contributed by atoms with Crippen molar-refractivity contribution in [3.05, 3.63) is 99.5 Å². The van der Waals surface area contributed by atoms with Crippen molar-refractivity contribution in [2.75, 3.05) is 37.6 Å². The maximum Gasteiger partial charge on any atom is 0.251 e. The summed E-state index contributed by atoms with van der Waals surface area (Å²) in [6.45, 7) is 3.64. The van der Waals surface area contributed by atoms with E-state index < -0.39 is 0 Å². The minimum atomic E-state index is -0.351. The van der Waals surface area contributed by atoms with Gasteiger partial charge in [-0.1, -0.05) is 65.7 Å². The van der Waals surface area contributed by atoms with E-state index in [0.717, 1.165) is 11.3 Å². The largest absolute Gasteiger partial charge is 0.367 e. The first-order valence-corrected chi connectivity index (χ1v) is 13.7. The summed E-state index contributed by atoms with van der Waals surface area (Å²) in [5, 5.41) is 13.4. The van der Waals surface area contributed by atoms with Crippen molar-refractivity contribution in [1.29, 1.82) is 5.26 Å². The highest BCUT2D eigenvalue weighted by Crippen LogP contribution is 2.26. The van der Waals surface area contributed by atoms with Crippen LogP contribution in [0.4, 0.5) is 5.69 Å². The van der Waals surface area contributed by atoms with Crippen LogP contribution in [0.15, 0.2) is 72.8 Å². The lowest BCUT2D eigenvalue weighted by atomic mass is 10.1. The summed E-state index contributed by atoms with van der Waals surface area (Å²) in [6.07, 6.45) is 0.517. The second-order valence-electron chi connectivity index (χ2n) is 9.94. The van der Waals surface area contributed by atoms with Gasteiger partial charge < -0.3 is 15.1 Å². The third kappa shape index (κ3) is 6.36. The molecular formula is C30H29Cl2N5O2. The van der Waals surface area contributed by atoms with E-state index >= 15 is 0 Å². The van der Waals surface area contributed by atoms with E-state index in [-0.39, 0.29) is 23.9 Å². The number of halogens is 2. The van der Waals surface area contributed by atoms with Crippen molar-refractivity contribution in [2.45, 2.75) is 25.0 Å². The molecule has 39 heavy (non-hydrogen) atoms. The van der Waals surface area contributed by atoms with E-state index in [2.05, 4.69) is 21.2 Å². The quantitative estimate of drug-likeness (QED) is 0.476. The molecule has 0 saturated carbocycles. The van der Waals surface area contributed by atoms with Gasteiger partial charge in [0.15, 0.2) is 0 Å². The minimum Gasteiger partial charge on any atom is -0.367 e. The van der Waals surface area contributed by atoms with Gasteiger partial charge in [0.25, 0.3) is 5.91 Å². The Morgan fingerprint density at radius 2 is 1.59 bits per heavy atom. The summed E-state index contributed by atoms with van der Waals surface area (Å²) in [7, 11) is 0. The Balaban J connectivity index is 1.28. The molecule has 7 nitrogen and oxygen atoms in total. The Kier molecular flexibility index (Phi) is 8.37. The number of nitrogens with one attached hydrogen (secondary N) is 1. The predicted octanol–water partition coefficient (Wildman–Crippen LogP) is 4.59. The fourth-order valence-corrected chi connectivity index (χ4v) is 5.96. The van der Waals surface area contributed by atoms with Gasteiger partial charge in [-0.15, -0.1) is 0 Å². The van der Waals surface area contributed by atoms with Crippen LogP contribution >= 0.6 is 23.2 Å². The summed E-state index contributed by atoms with van der Waals surface area (Å²) in [5.74, 6) is -0.191. The highest BCUT2D eigenvalue weighted by molar-refractivity contribution is 6.35. The lowest BCUT2D eigenvalue weighted by Crippen LogP contribution is -2.53. The van der Waals surface area contributed by atoms with Crippen molar-refractivity contribution < 1.29 is 9.59 Å². The molecule has 0 spiro atoms. The fourth-order valence-electron chi connectivity index (χ4n) is 5.43. The van der Waals surface area contributed by atoms with Crippen LogP contribution in [0, 0.1) is 11.3 Å². The number of carbonyl (C=O) groups excluding carboxylic acids is 2. The molecular weight excluding hydrogens is 533 g/mol. The molecule has 2 saturated heterocycles. The Hall–Kier alpha value is -3.57. The molecule has 3 aromatic rings.